The molecule has 2 rings (SSSR count). The van der Waals surface area contributed by atoms with Gasteiger partial charge in [-0.25, -0.2) is 4.79 Å². The molecule has 0 atom stereocenters. The van der Waals surface area contributed by atoms with E-state index in [1.54, 1.807) is 37.3 Å². The van der Waals surface area contributed by atoms with Crippen molar-refractivity contribution in [2.24, 2.45) is 0 Å². The third-order valence-electron chi connectivity index (χ3n) is 2.80. The number of ether oxygens (including phenoxy) is 1. The first-order valence-electron chi connectivity index (χ1n) is 6.44. The molecule has 3 nitrogen and oxygen atoms in total. The number of para-hydroxylation sites is 1. The Morgan fingerprint density at radius 3 is 2.40 bits per heavy atom. The summed E-state index contributed by atoms with van der Waals surface area (Å²) in [5.74, 6) is -0.388. The van der Waals surface area contributed by atoms with E-state index >= 15 is 0 Å². The van der Waals surface area contributed by atoms with Crippen molar-refractivity contribution in [3.63, 3.8) is 0 Å². The van der Waals surface area contributed by atoms with Crippen molar-refractivity contribution in [1.29, 1.82) is 0 Å². The molecule has 0 aliphatic carbocycles. The maximum absolute atomic E-state index is 12.1. The molecule has 0 fully saturated rings. The highest BCUT2D eigenvalue weighted by Crippen LogP contribution is 2.27. The van der Waals surface area contributed by atoms with E-state index in [2.05, 4.69) is 0 Å². The van der Waals surface area contributed by atoms with Crippen LogP contribution in [-0.4, -0.2) is 17.7 Å². The number of phenolic OH excluding ortho intramolecular Hbond substituents is 1. The summed E-state index contributed by atoms with van der Waals surface area (Å²) in [6.45, 7) is 2.04. The van der Waals surface area contributed by atoms with Crippen LogP contribution in [0.3, 0.4) is 0 Å². The van der Waals surface area contributed by atoms with Crippen molar-refractivity contribution in [3.8, 4) is 5.75 Å². The number of phenols is 1. The fraction of sp³-hybridized carbons (Fsp3) is 0.118. The van der Waals surface area contributed by atoms with Crippen LogP contribution in [0.25, 0.3) is 11.6 Å². The molecule has 0 aromatic heterocycles. The lowest BCUT2D eigenvalue weighted by molar-refractivity contribution is -0.136. The maximum atomic E-state index is 12.1. The molecule has 0 heterocycles. The average Bonchev–Trinajstić information content (AvgIpc) is 2.47. The minimum absolute atomic E-state index is 0.0581. The third kappa shape index (κ3) is 3.26. The molecule has 0 bridgehead atoms. The van der Waals surface area contributed by atoms with Gasteiger partial charge in [-0.3, -0.25) is 0 Å². The quantitative estimate of drug-likeness (QED) is 0.524. The van der Waals surface area contributed by atoms with Crippen molar-refractivity contribution in [3.05, 3.63) is 65.7 Å². The Balaban J connectivity index is 2.48. The number of aromatic hydroxyl groups is 1. The molecule has 0 aliphatic heterocycles. The lowest BCUT2D eigenvalue weighted by Crippen LogP contribution is -2.07. The fourth-order valence-electron chi connectivity index (χ4n) is 1.87. The topological polar surface area (TPSA) is 46.5 Å². The highest BCUT2D eigenvalue weighted by molar-refractivity contribution is 6.22. The molecule has 20 heavy (non-hydrogen) atoms. The van der Waals surface area contributed by atoms with E-state index in [4.69, 9.17) is 4.74 Å². The van der Waals surface area contributed by atoms with Gasteiger partial charge in [0.25, 0.3) is 0 Å². The Hall–Kier alpha value is -2.55. The minimum Gasteiger partial charge on any atom is -0.507 e. The Morgan fingerprint density at radius 2 is 1.75 bits per heavy atom. The number of benzene rings is 2. The SMILES string of the molecule is CCOC(=O)/C(=C/c1ccccc1)c1ccccc1O. The van der Waals surface area contributed by atoms with E-state index in [0.29, 0.717) is 17.7 Å². The summed E-state index contributed by atoms with van der Waals surface area (Å²) in [6, 6.07) is 16.2. The number of hydrogen-bond donors (Lipinski definition) is 1. The second-order valence-electron chi connectivity index (χ2n) is 4.21. The Bertz CT molecular complexity index is 615. The highest BCUT2D eigenvalue weighted by Gasteiger charge is 2.16. The first kappa shape index (κ1) is 13.9. The van der Waals surface area contributed by atoms with E-state index in [0.717, 1.165) is 5.56 Å². The minimum atomic E-state index is -0.446. The summed E-state index contributed by atoms with van der Waals surface area (Å²) < 4.78 is 5.07. The largest absolute Gasteiger partial charge is 0.507 e. The van der Waals surface area contributed by atoms with Crippen molar-refractivity contribution >= 4 is 17.6 Å². The van der Waals surface area contributed by atoms with Gasteiger partial charge >= 0.3 is 5.97 Å². The summed E-state index contributed by atoms with van der Waals surface area (Å²) in [6.07, 6.45) is 1.72. The van der Waals surface area contributed by atoms with Crippen LogP contribution >= 0.6 is 0 Å². The van der Waals surface area contributed by atoms with Gasteiger partial charge in [0, 0.05) is 5.56 Å². The number of esters is 1. The molecule has 0 amide bonds. The summed E-state index contributed by atoms with van der Waals surface area (Å²) in [5, 5.41) is 9.93. The molecule has 102 valence electrons. The average molecular weight is 268 g/mol. The Kier molecular flexibility index (Phi) is 4.56. The van der Waals surface area contributed by atoms with Gasteiger partial charge < -0.3 is 9.84 Å². The lowest BCUT2D eigenvalue weighted by atomic mass is 10.0. The molecule has 0 radical (unpaired) electrons. The number of hydrogen-bond acceptors (Lipinski definition) is 3. The normalized spacial score (nSPS) is 11.2. The maximum Gasteiger partial charge on any atom is 0.338 e. The molecule has 0 aliphatic rings. The fourth-order valence-corrected chi connectivity index (χ4v) is 1.87. The molecular formula is C17H16O3. The standard InChI is InChI=1S/C17H16O3/c1-2-20-17(19)15(12-13-8-4-3-5-9-13)14-10-6-7-11-16(14)18/h3-12,18H,2H2,1H3/b15-12+. The molecule has 1 N–H and O–H groups in total. The first-order chi connectivity index (χ1) is 9.72. The monoisotopic (exact) mass is 268 g/mol. The molecule has 2 aromatic rings. The molecule has 2 aromatic carbocycles. The van der Waals surface area contributed by atoms with Crippen LogP contribution in [0, 0.1) is 0 Å². The van der Waals surface area contributed by atoms with Gasteiger partial charge in [0.1, 0.15) is 5.75 Å². The molecule has 0 unspecified atom stereocenters. The van der Waals surface area contributed by atoms with E-state index in [9.17, 15) is 9.90 Å². The second kappa shape index (κ2) is 6.57. The van der Waals surface area contributed by atoms with Gasteiger partial charge in [-0.15, -0.1) is 0 Å². The van der Waals surface area contributed by atoms with E-state index < -0.39 is 5.97 Å². The van der Waals surface area contributed by atoms with Crippen LogP contribution < -0.4 is 0 Å². The van der Waals surface area contributed by atoms with E-state index in [-0.39, 0.29) is 5.75 Å². The highest BCUT2D eigenvalue weighted by atomic mass is 16.5. The predicted octanol–water partition coefficient (Wildman–Crippen LogP) is 3.50. The first-order valence-corrected chi connectivity index (χ1v) is 6.44. The Morgan fingerprint density at radius 1 is 1.10 bits per heavy atom. The van der Waals surface area contributed by atoms with Crippen molar-refractivity contribution < 1.29 is 14.6 Å². The van der Waals surface area contributed by atoms with Gasteiger partial charge in [-0.1, -0.05) is 48.5 Å². The summed E-state index contributed by atoms with van der Waals surface area (Å²) >= 11 is 0. The van der Waals surface area contributed by atoms with Gasteiger partial charge in [0.15, 0.2) is 0 Å². The molecule has 0 spiro atoms. The van der Waals surface area contributed by atoms with Crippen LogP contribution in [0.1, 0.15) is 18.1 Å². The number of carbonyl (C=O) groups is 1. The van der Waals surface area contributed by atoms with Crippen LogP contribution in [-0.2, 0) is 9.53 Å². The smallest absolute Gasteiger partial charge is 0.338 e. The van der Waals surface area contributed by atoms with E-state index in [1.807, 2.05) is 30.3 Å². The van der Waals surface area contributed by atoms with Crippen LogP contribution in [0.4, 0.5) is 0 Å². The van der Waals surface area contributed by atoms with Crippen LogP contribution in [0.5, 0.6) is 5.75 Å². The molecule has 0 saturated carbocycles. The molecule has 0 saturated heterocycles. The second-order valence-corrected chi connectivity index (χ2v) is 4.21. The zero-order chi connectivity index (χ0) is 14.4. The molecular weight excluding hydrogens is 252 g/mol. The predicted molar refractivity (Wildman–Crippen MR) is 79.1 cm³/mol. The van der Waals surface area contributed by atoms with Gasteiger partial charge in [-0.2, -0.15) is 0 Å². The van der Waals surface area contributed by atoms with Crippen molar-refractivity contribution in [2.75, 3.05) is 6.61 Å². The van der Waals surface area contributed by atoms with Gasteiger partial charge in [-0.05, 0) is 24.6 Å². The van der Waals surface area contributed by atoms with Gasteiger partial charge in [0.2, 0.25) is 0 Å². The summed E-state index contributed by atoms with van der Waals surface area (Å²) in [4.78, 5) is 12.1. The van der Waals surface area contributed by atoms with Crippen LogP contribution in [0.15, 0.2) is 54.6 Å². The van der Waals surface area contributed by atoms with Crippen molar-refractivity contribution in [2.45, 2.75) is 6.92 Å². The summed E-state index contributed by atoms with van der Waals surface area (Å²) in [5.41, 5.74) is 1.68. The van der Waals surface area contributed by atoms with Crippen LogP contribution in [0.2, 0.25) is 0 Å². The Labute approximate surface area is 118 Å². The van der Waals surface area contributed by atoms with E-state index in [1.165, 1.54) is 0 Å². The zero-order valence-electron chi connectivity index (χ0n) is 11.2. The molecule has 3 heteroatoms. The van der Waals surface area contributed by atoms with Gasteiger partial charge in [0.05, 0.1) is 12.2 Å². The third-order valence-corrected chi connectivity index (χ3v) is 2.80. The summed E-state index contributed by atoms with van der Waals surface area (Å²) in [7, 11) is 0. The lowest BCUT2D eigenvalue weighted by Gasteiger charge is -2.09. The zero-order valence-corrected chi connectivity index (χ0v) is 11.2. The number of carbonyl (C=O) groups excluding carboxylic acids is 1. The number of rotatable bonds is 4. The van der Waals surface area contributed by atoms with Crippen molar-refractivity contribution in [1.82, 2.24) is 0 Å².